The molecule has 15 heteroatoms. The average molecular weight is 698 g/mol. The highest BCUT2D eigenvalue weighted by atomic mass is 32.1. The zero-order chi connectivity index (χ0) is 35.5. The van der Waals surface area contributed by atoms with E-state index in [1.807, 2.05) is 37.8 Å². The number of fused-ring (bicyclic) bond motifs is 4. The first-order chi connectivity index (χ1) is 23.4. The number of aliphatic hydroxyl groups excluding tert-OH is 1. The van der Waals surface area contributed by atoms with Crippen molar-refractivity contribution in [1.29, 1.82) is 0 Å². The number of benzene rings is 1. The maximum atomic E-state index is 13.5. The van der Waals surface area contributed by atoms with Gasteiger partial charge >= 0.3 is 0 Å². The highest BCUT2D eigenvalue weighted by molar-refractivity contribution is 7.13. The van der Waals surface area contributed by atoms with Crippen LogP contribution >= 0.6 is 11.3 Å². The summed E-state index contributed by atoms with van der Waals surface area (Å²) in [6.45, 7) is 9.06. The van der Waals surface area contributed by atoms with Gasteiger partial charge in [0, 0.05) is 36.6 Å². The van der Waals surface area contributed by atoms with Gasteiger partial charge in [0.05, 0.1) is 24.3 Å². The first kappa shape index (κ1) is 37.3. The zero-order valence-electron chi connectivity index (χ0n) is 28.7. The standard InChI is InChI=1S/C34H47N7O7S/c1-21(2)17-26-32(44)37-30(23(4)42)33(45)35-13-6-7-14-40(34(46)29-12-9-22(3)49-29)15-8-16-41-19-25(38-39-41)20-48-28-18-24(31(43)36-26)10-11-27(28)47-5/h9-12,18-19,21,23,26,30,42H,6-8,13-17,20H2,1-5H3,(H,35,45)(H,36,43)(H,37,44)/t23-,26-,30+/m1/s1. The van der Waals surface area contributed by atoms with Gasteiger partial charge in [-0.25, -0.2) is 0 Å². The summed E-state index contributed by atoms with van der Waals surface area (Å²) in [5.74, 6) is -0.977. The Morgan fingerprint density at radius 3 is 2.53 bits per heavy atom. The van der Waals surface area contributed by atoms with Crippen LogP contribution in [0.25, 0.3) is 0 Å². The molecule has 0 fully saturated rings. The molecular weight excluding hydrogens is 650 g/mol. The number of methoxy groups -OCH3 is 1. The molecule has 49 heavy (non-hydrogen) atoms. The zero-order valence-corrected chi connectivity index (χ0v) is 29.5. The van der Waals surface area contributed by atoms with Gasteiger partial charge in [-0.05, 0) is 75.8 Å². The Morgan fingerprint density at radius 2 is 1.84 bits per heavy atom. The molecule has 2 aromatic heterocycles. The Kier molecular flexibility index (Phi) is 13.5. The molecule has 3 heterocycles. The van der Waals surface area contributed by atoms with Crippen LogP contribution in [0, 0.1) is 12.8 Å². The summed E-state index contributed by atoms with van der Waals surface area (Å²) in [6, 6.07) is 6.23. The number of hydrogen-bond acceptors (Lipinski definition) is 10. The molecule has 1 aliphatic heterocycles. The third kappa shape index (κ3) is 10.7. The van der Waals surface area contributed by atoms with Crippen LogP contribution < -0.4 is 25.4 Å². The minimum atomic E-state index is -1.23. The molecule has 0 saturated carbocycles. The minimum absolute atomic E-state index is 0.0279. The topological polar surface area (TPSA) is 177 Å². The number of ether oxygens (including phenoxy) is 2. The molecule has 4 rings (SSSR count). The first-order valence-corrected chi connectivity index (χ1v) is 17.4. The molecule has 0 saturated heterocycles. The molecule has 0 unspecified atom stereocenters. The Labute approximate surface area is 290 Å². The summed E-state index contributed by atoms with van der Waals surface area (Å²) < 4.78 is 13.1. The number of carbonyl (C=O) groups is 4. The lowest BCUT2D eigenvalue weighted by molar-refractivity contribution is -0.132. The van der Waals surface area contributed by atoms with Crippen LogP contribution in [-0.4, -0.2) is 93.6 Å². The number of aliphatic hydroxyl groups is 1. The average Bonchev–Trinajstić information content (AvgIpc) is 3.72. The second-order valence-electron chi connectivity index (χ2n) is 12.6. The minimum Gasteiger partial charge on any atom is -0.493 e. The van der Waals surface area contributed by atoms with Crippen molar-refractivity contribution < 1.29 is 33.8 Å². The van der Waals surface area contributed by atoms with Crippen LogP contribution in [0.5, 0.6) is 11.5 Å². The Morgan fingerprint density at radius 1 is 1.06 bits per heavy atom. The predicted octanol–water partition coefficient (Wildman–Crippen LogP) is 2.69. The highest BCUT2D eigenvalue weighted by Gasteiger charge is 2.30. The van der Waals surface area contributed by atoms with Crippen LogP contribution in [0.3, 0.4) is 0 Å². The van der Waals surface area contributed by atoms with E-state index in [0.29, 0.717) is 67.4 Å². The molecule has 0 aliphatic carbocycles. The summed E-state index contributed by atoms with van der Waals surface area (Å²) in [6.07, 6.45) is 2.70. The summed E-state index contributed by atoms with van der Waals surface area (Å²) in [4.78, 5) is 56.9. The summed E-state index contributed by atoms with van der Waals surface area (Å²) >= 11 is 1.45. The number of hydrogen-bond donors (Lipinski definition) is 4. The van der Waals surface area contributed by atoms with E-state index in [1.54, 1.807) is 23.0 Å². The van der Waals surface area contributed by atoms with Crippen molar-refractivity contribution in [2.24, 2.45) is 5.92 Å². The molecule has 4 N–H and O–H groups in total. The molecule has 4 bridgehead atoms. The van der Waals surface area contributed by atoms with Crippen LogP contribution in [0.2, 0.25) is 0 Å². The van der Waals surface area contributed by atoms with E-state index in [9.17, 15) is 24.3 Å². The third-order valence-electron chi connectivity index (χ3n) is 7.99. The maximum Gasteiger partial charge on any atom is 0.263 e. The molecule has 0 spiro atoms. The van der Waals surface area contributed by atoms with Crippen molar-refractivity contribution in [1.82, 2.24) is 35.8 Å². The van der Waals surface area contributed by atoms with Gasteiger partial charge in [-0.2, -0.15) is 0 Å². The Bertz CT molecular complexity index is 1590. The highest BCUT2D eigenvalue weighted by Crippen LogP contribution is 2.29. The number of nitrogens with zero attached hydrogens (tertiary/aromatic N) is 4. The monoisotopic (exact) mass is 697 g/mol. The second-order valence-corrected chi connectivity index (χ2v) is 13.9. The number of rotatable bonds is 5. The fourth-order valence-corrected chi connectivity index (χ4v) is 6.23. The number of nitrogens with one attached hydrogen (secondary N) is 3. The third-order valence-corrected chi connectivity index (χ3v) is 8.98. The van der Waals surface area contributed by atoms with Crippen LogP contribution in [0.1, 0.15) is 77.1 Å². The van der Waals surface area contributed by atoms with Crippen molar-refractivity contribution in [2.45, 2.75) is 84.7 Å². The van der Waals surface area contributed by atoms with Gasteiger partial charge in [-0.1, -0.05) is 19.1 Å². The molecule has 14 nitrogen and oxygen atoms in total. The van der Waals surface area contributed by atoms with Crippen molar-refractivity contribution >= 4 is 35.0 Å². The fraction of sp³-hybridized carbons (Fsp3) is 0.529. The molecule has 3 atom stereocenters. The normalized spacial score (nSPS) is 19.6. The molecule has 3 aromatic rings. The molecule has 1 aromatic carbocycles. The lowest BCUT2D eigenvalue weighted by Crippen LogP contribution is -2.57. The van der Waals surface area contributed by atoms with Gasteiger partial charge in [-0.3, -0.25) is 23.9 Å². The van der Waals surface area contributed by atoms with Gasteiger partial charge in [-0.15, -0.1) is 16.4 Å². The van der Waals surface area contributed by atoms with E-state index in [1.165, 1.54) is 31.4 Å². The number of amides is 4. The summed E-state index contributed by atoms with van der Waals surface area (Å²) in [5.41, 5.74) is 0.800. The SMILES string of the molecule is COc1ccc2cc1OCc1cn(nn1)CCCN(C(=O)c1ccc(C)s1)CCCCNC(=O)[C@H]([C@@H](C)O)NC(=O)[C@@H](CC(C)C)NC2=O. The summed E-state index contributed by atoms with van der Waals surface area (Å²) in [7, 11) is 1.49. The smallest absolute Gasteiger partial charge is 0.263 e. The van der Waals surface area contributed by atoms with E-state index in [0.717, 1.165) is 4.88 Å². The van der Waals surface area contributed by atoms with E-state index in [-0.39, 0.29) is 30.5 Å². The van der Waals surface area contributed by atoms with Crippen LogP contribution in [0.15, 0.2) is 36.5 Å². The predicted molar refractivity (Wildman–Crippen MR) is 183 cm³/mol. The van der Waals surface area contributed by atoms with E-state index in [4.69, 9.17) is 9.47 Å². The number of carbonyl (C=O) groups excluding carboxylic acids is 4. The molecule has 1 aliphatic rings. The van der Waals surface area contributed by atoms with Gasteiger partial charge in [0.25, 0.3) is 11.8 Å². The van der Waals surface area contributed by atoms with Gasteiger partial charge < -0.3 is 35.4 Å². The van der Waals surface area contributed by atoms with Gasteiger partial charge in [0.15, 0.2) is 11.5 Å². The lowest BCUT2D eigenvalue weighted by Gasteiger charge is -2.26. The van der Waals surface area contributed by atoms with E-state index < -0.39 is 35.9 Å². The van der Waals surface area contributed by atoms with Crippen molar-refractivity contribution in [3.8, 4) is 11.5 Å². The Hall–Kier alpha value is -4.50. The van der Waals surface area contributed by atoms with Crippen molar-refractivity contribution in [2.75, 3.05) is 26.7 Å². The largest absolute Gasteiger partial charge is 0.493 e. The number of thiophene rings is 1. The fourth-order valence-electron chi connectivity index (χ4n) is 5.39. The van der Waals surface area contributed by atoms with Gasteiger partial charge in [0.1, 0.15) is 24.4 Å². The number of aromatic nitrogens is 3. The molecule has 0 radical (unpaired) electrons. The molecule has 4 amide bonds. The van der Waals surface area contributed by atoms with Crippen LogP contribution in [0.4, 0.5) is 0 Å². The van der Waals surface area contributed by atoms with E-state index >= 15 is 0 Å². The molecule has 266 valence electrons. The van der Waals surface area contributed by atoms with Crippen LogP contribution in [-0.2, 0) is 22.7 Å². The molecular formula is C34H47N7O7S. The number of aryl methyl sites for hydroxylation is 2. The van der Waals surface area contributed by atoms with Crippen molar-refractivity contribution in [3.63, 3.8) is 0 Å². The van der Waals surface area contributed by atoms with E-state index in [2.05, 4.69) is 26.3 Å². The second kappa shape index (κ2) is 17.8. The van der Waals surface area contributed by atoms with Gasteiger partial charge in [0.2, 0.25) is 11.8 Å². The van der Waals surface area contributed by atoms with Crippen molar-refractivity contribution in [3.05, 3.63) is 57.5 Å². The first-order valence-electron chi connectivity index (χ1n) is 16.6. The quantitative estimate of drug-likeness (QED) is 0.312. The maximum absolute atomic E-state index is 13.5. The Balaban J connectivity index is 1.58. The summed E-state index contributed by atoms with van der Waals surface area (Å²) in [5, 5.41) is 27.1. The lowest BCUT2D eigenvalue weighted by atomic mass is 10.0.